The number of carbonyl (C=O) groups excluding carboxylic acids is 2. The average Bonchev–Trinajstić information content (AvgIpc) is 3.98. The Bertz CT molecular complexity index is 2440. The third-order valence-corrected chi connectivity index (χ3v) is 8.98. The van der Waals surface area contributed by atoms with Crippen molar-refractivity contribution in [2.45, 2.75) is 25.2 Å². The topological polar surface area (TPSA) is 267 Å². The second-order valence-corrected chi connectivity index (χ2v) is 12.8. The first-order chi connectivity index (χ1) is 26.5. The number of aromatic nitrogens is 8. The van der Waals surface area contributed by atoms with Crippen LogP contribution in [-0.2, 0) is 21.9 Å². The van der Waals surface area contributed by atoms with E-state index < -0.39 is 23.7 Å². The molecule has 56 heavy (non-hydrogen) atoms. The summed E-state index contributed by atoms with van der Waals surface area (Å²) >= 11 is 0. The molecule has 22 heteroatoms. The Balaban J connectivity index is 0.000000172. The molecule has 2 saturated carbocycles. The molecular formula is C34H24F6N14O2. The molecule has 6 heterocycles. The van der Waals surface area contributed by atoms with Gasteiger partial charge in [0, 0.05) is 23.2 Å². The van der Waals surface area contributed by atoms with E-state index in [0.29, 0.717) is 34.4 Å². The third-order valence-electron chi connectivity index (χ3n) is 8.98. The molecule has 0 unspecified atom stereocenters. The standard InChI is InChI=1S/2C17H12F3N7O/c2*18-17(19,20)14-11(6-24-27-14)12-2-7-3-13(23-5-10(7)15(22)25-12)26-16(28)9-1-8(9)4-21/h2*2-3,5-6,8-9H,1H2,(H2,22,25)(H,24,27)(H,23,26,28)/t2*8-,9+/m10/s1. The lowest BCUT2D eigenvalue weighted by Gasteiger charge is -2.10. The Morgan fingerprint density at radius 3 is 1.41 bits per heavy atom. The number of hydrogen-bond donors (Lipinski definition) is 6. The molecule has 0 bridgehead atoms. The van der Waals surface area contributed by atoms with Gasteiger partial charge in [-0.25, -0.2) is 19.9 Å². The molecule has 8 N–H and O–H groups in total. The second kappa shape index (κ2) is 13.8. The van der Waals surface area contributed by atoms with E-state index in [4.69, 9.17) is 22.0 Å². The highest BCUT2D eigenvalue weighted by Crippen LogP contribution is 2.41. The summed E-state index contributed by atoms with van der Waals surface area (Å²) in [5.74, 6) is -1.58. The number of alkyl halides is 6. The smallest absolute Gasteiger partial charge is 0.383 e. The summed E-state index contributed by atoms with van der Waals surface area (Å²) in [5.41, 5.74) is 9.20. The van der Waals surface area contributed by atoms with Crippen LogP contribution in [0.4, 0.5) is 49.6 Å². The third kappa shape index (κ3) is 7.39. The number of nitrogens with zero attached hydrogens (tertiary/aromatic N) is 8. The summed E-state index contributed by atoms with van der Waals surface area (Å²) in [4.78, 5) is 40.4. The number of halogens is 6. The monoisotopic (exact) mass is 774 g/mol. The average molecular weight is 775 g/mol. The van der Waals surface area contributed by atoms with Gasteiger partial charge in [-0.15, -0.1) is 0 Å². The predicted octanol–water partition coefficient (Wildman–Crippen LogP) is 5.44. The molecule has 2 aliphatic rings. The van der Waals surface area contributed by atoms with Gasteiger partial charge < -0.3 is 22.1 Å². The Morgan fingerprint density at radius 1 is 0.679 bits per heavy atom. The van der Waals surface area contributed by atoms with Crippen LogP contribution in [-0.4, -0.2) is 52.1 Å². The molecule has 0 saturated heterocycles. The molecular weight excluding hydrogens is 750 g/mol. The zero-order valence-corrected chi connectivity index (χ0v) is 28.2. The summed E-state index contributed by atoms with van der Waals surface area (Å²) in [6, 6.07) is 9.87. The van der Waals surface area contributed by atoms with Crippen molar-refractivity contribution in [3.05, 3.63) is 60.4 Å². The number of carbonyl (C=O) groups is 2. The van der Waals surface area contributed by atoms with E-state index in [9.17, 15) is 35.9 Å². The number of nitriles is 2. The van der Waals surface area contributed by atoms with E-state index in [1.807, 2.05) is 22.3 Å². The summed E-state index contributed by atoms with van der Waals surface area (Å²) in [7, 11) is 0. The van der Waals surface area contributed by atoms with Gasteiger partial charge in [-0.3, -0.25) is 19.8 Å². The summed E-state index contributed by atoms with van der Waals surface area (Å²) in [6.07, 6.45) is -3.45. The molecule has 16 nitrogen and oxygen atoms in total. The largest absolute Gasteiger partial charge is 0.433 e. The minimum Gasteiger partial charge on any atom is -0.383 e. The highest BCUT2D eigenvalue weighted by molar-refractivity contribution is 6.00. The number of nitrogen functional groups attached to an aromatic ring is 2. The first-order valence-electron chi connectivity index (χ1n) is 16.3. The number of anilines is 4. The Hall–Kier alpha value is -7.36. The number of pyridine rings is 4. The number of nitrogens with one attached hydrogen (secondary N) is 4. The van der Waals surface area contributed by atoms with Crippen molar-refractivity contribution in [3.8, 4) is 34.7 Å². The molecule has 8 rings (SSSR count). The minimum absolute atomic E-state index is 0.000983. The number of fused-ring (bicyclic) bond motifs is 2. The van der Waals surface area contributed by atoms with Gasteiger partial charge >= 0.3 is 12.4 Å². The van der Waals surface area contributed by atoms with E-state index >= 15 is 0 Å². The number of hydrogen-bond acceptors (Lipinski definition) is 12. The molecule has 284 valence electrons. The van der Waals surface area contributed by atoms with Gasteiger partial charge in [-0.2, -0.15) is 47.1 Å². The van der Waals surface area contributed by atoms with E-state index in [1.54, 1.807) is 0 Å². The van der Waals surface area contributed by atoms with Crippen molar-refractivity contribution in [1.82, 2.24) is 40.3 Å². The van der Waals surface area contributed by atoms with Gasteiger partial charge in [0.25, 0.3) is 0 Å². The van der Waals surface area contributed by atoms with Crippen molar-refractivity contribution >= 4 is 56.6 Å². The number of rotatable bonds is 6. The van der Waals surface area contributed by atoms with Crippen LogP contribution in [0.25, 0.3) is 44.1 Å². The van der Waals surface area contributed by atoms with Crippen LogP contribution in [0.15, 0.2) is 49.1 Å². The Labute approximate surface area is 309 Å². The minimum atomic E-state index is -4.63. The molecule has 0 spiro atoms. The van der Waals surface area contributed by atoms with Gasteiger partial charge in [0.15, 0.2) is 0 Å². The highest BCUT2D eigenvalue weighted by Gasteiger charge is 2.44. The Kier molecular flexibility index (Phi) is 9.12. The molecule has 4 atom stereocenters. The van der Waals surface area contributed by atoms with Crippen LogP contribution >= 0.6 is 0 Å². The summed E-state index contributed by atoms with van der Waals surface area (Å²) < 4.78 is 78.7. The lowest BCUT2D eigenvalue weighted by atomic mass is 10.1. The van der Waals surface area contributed by atoms with Crippen molar-refractivity contribution in [1.29, 1.82) is 10.5 Å². The Morgan fingerprint density at radius 2 is 1.07 bits per heavy atom. The maximum atomic E-state index is 13.1. The fraction of sp³-hybridized carbons (Fsp3) is 0.235. The van der Waals surface area contributed by atoms with E-state index in [1.165, 1.54) is 36.7 Å². The fourth-order valence-electron chi connectivity index (χ4n) is 5.85. The van der Waals surface area contributed by atoms with Gasteiger partial charge in [0.1, 0.15) is 34.7 Å². The van der Waals surface area contributed by atoms with Crippen molar-refractivity contribution in [2.75, 3.05) is 22.1 Å². The molecule has 6 aromatic heterocycles. The van der Waals surface area contributed by atoms with Crippen LogP contribution in [0, 0.1) is 46.3 Å². The molecule has 0 radical (unpaired) electrons. The molecule has 2 fully saturated rings. The lowest BCUT2D eigenvalue weighted by molar-refractivity contribution is -0.141. The first-order valence-corrected chi connectivity index (χ1v) is 16.3. The van der Waals surface area contributed by atoms with Gasteiger partial charge in [-0.05, 0) is 47.9 Å². The predicted molar refractivity (Wildman–Crippen MR) is 185 cm³/mol. The maximum Gasteiger partial charge on any atom is 0.433 e. The maximum absolute atomic E-state index is 13.1. The van der Waals surface area contributed by atoms with Crippen LogP contribution < -0.4 is 22.1 Å². The van der Waals surface area contributed by atoms with Crippen molar-refractivity contribution in [2.24, 2.45) is 23.7 Å². The molecule has 2 amide bonds. The van der Waals surface area contributed by atoms with Crippen LogP contribution in [0.5, 0.6) is 0 Å². The van der Waals surface area contributed by atoms with Gasteiger partial charge in [0.2, 0.25) is 11.8 Å². The number of aromatic amines is 2. The lowest BCUT2D eigenvalue weighted by Crippen LogP contribution is -2.15. The summed E-state index contributed by atoms with van der Waals surface area (Å²) in [6.45, 7) is 0. The van der Waals surface area contributed by atoms with Crippen molar-refractivity contribution < 1.29 is 35.9 Å². The normalized spacial score (nSPS) is 18.6. The van der Waals surface area contributed by atoms with E-state index in [-0.39, 0.29) is 81.3 Å². The van der Waals surface area contributed by atoms with Crippen LogP contribution in [0.3, 0.4) is 0 Å². The molecule has 0 aromatic carbocycles. The van der Waals surface area contributed by atoms with E-state index in [0.717, 1.165) is 12.4 Å². The number of nitrogens with two attached hydrogens (primary N) is 2. The molecule has 6 aromatic rings. The van der Waals surface area contributed by atoms with Gasteiger partial charge in [0.05, 0.1) is 70.7 Å². The fourth-order valence-corrected chi connectivity index (χ4v) is 5.85. The molecule has 0 aliphatic heterocycles. The quantitative estimate of drug-likeness (QED) is 0.116. The summed E-state index contributed by atoms with van der Waals surface area (Å²) in [5, 5.41) is 35.4. The SMILES string of the molecule is N#C[C@@H]1C[C@H]1C(=O)Nc1cc2cc(-c3cn[nH]c3C(F)(F)F)nc(N)c2cn1.N#C[C@H]1C[C@@H]1C(=O)Nc1cc2cc(-c3cn[nH]c3C(F)(F)F)nc(N)c2cn1. The second-order valence-electron chi connectivity index (χ2n) is 12.8. The van der Waals surface area contributed by atoms with E-state index in [2.05, 4.69) is 40.8 Å². The first kappa shape index (κ1) is 37.0. The number of amides is 2. The van der Waals surface area contributed by atoms with Crippen LogP contribution in [0.1, 0.15) is 24.2 Å². The highest BCUT2D eigenvalue weighted by atomic mass is 19.4. The molecule has 2 aliphatic carbocycles. The number of H-pyrrole nitrogens is 2. The van der Waals surface area contributed by atoms with Gasteiger partial charge in [-0.1, -0.05) is 0 Å². The zero-order valence-electron chi connectivity index (χ0n) is 28.2. The van der Waals surface area contributed by atoms with Crippen molar-refractivity contribution in [3.63, 3.8) is 0 Å². The zero-order chi connectivity index (χ0) is 40.1. The van der Waals surface area contributed by atoms with Crippen LogP contribution in [0.2, 0.25) is 0 Å².